The molecule has 3 amide bonds. The maximum Gasteiger partial charge on any atom is 0.318 e. The highest BCUT2D eigenvalue weighted by Gasteiger charge is 2.27. The largest absolute Gasteiger partial charge is 0.393 e. The molecule has 0 bridgehead atoms. The van der Waals surface area contributed by atoms with E-state index in [-0.39, 0.29) is 29.9 Å². The Morgan fingerprint density at radius 1 is 0.976 bits per heavy atom. The summed E-state index contributed by atoms with van der Waals surface area (Å²) < 4.78 is 25.8. The van der Waals surface area contributed by atoms with Crippen LogP contribution in [0, 0.1) is 0 Å². The van der Waals surface area contributed by atoms with Gasteiger partial charge in [0.25, 0.3) is 0 Å². The van der Waals surface area contributed by atoms with Crippen molar-refractivity contribution >= 4 is 27.7 Å². The maximum atomic E-state index is 13.5. The minimum absolute atomic E-state index is 0.0358. The highest BCUT2D eigenvalue weighted by Crippen LogP contribution is 2.14. The molecule has 0 unspecified atom stereocenters. The van der Waals surface area contributed by atoms with Gasteiger partial charge in [0.05, 0.1) is 4.90 Å². The lowest BCUT2D eigenvalue weighted by Gasteiger charge is -2.33. The van der Waals surface area contributed by atoms with Crippen LogP contribution in [0.3, 0.4) is 0 Å². The van der Waals surface area contributed by atoms with Crippen molar-refractivity contribution < 1.29 is 22.8 Å². The van der Waals surface area contributed by atoms with Crippen molar-refractivity contribution in [1.29, 1.82) is 0 Å². The number of piperazine rings is 1. The Hall–Kier alpha value is -4.10. The number of guanidine groups is 1. The fourth-order valence-corrected chi connectivity index (χ4v) is 5.25. The molecule has 2 aromatic carbocycles. The molecule has 222 valence electrons. The molecule has 1 aliphatic rings. The van der Waals surface area contributed by atoms with E-state index in [2.05, 4.69) is 20.7 Å². The number of amides is 3. The summed E-state index contributed by atoms with van der Waals surface area (Å²) in [7, 11) is -1.75. The monoisotopic (exact) mass is 585 g/mol. The van der Waals surface area contributed by atoms with Crippen LogP contribution in [0.25, 0.3) is 0 Å². The molecule has 3 rings (SSSR count). The molecule has 0 aliphatic carbocycles. The van der Waals surface area contributed by atoms with Gasteiger partial charge < -0.3 is 36.7 Å². The molecule has 1 aliphatic heterocycles. The standard InChI is InChI=1S/C28H39N7O5S/c1-34-16-18-35(19-17-34)28(37)32-25(14-20-40-33-27(29)30)26(36)31-23(13-12-22-8-4-2-5-9-22)15-21-41(38,39)24-10-6-3-7-11-24/h2-11,15,21,23,25H,12-14,16-20H2,1H3,(H,31,36)(H,32,37)(H4,29,30,33)/b21-15+/t23-,25-/m0/s1. The second kappa shape index (κ2) is 15.6. The van der Waals surface area contributed by atoms with Gasteiger partial charge in [-0.25, -0.2) is 13.2 Å². The Morgan fingerprint density at radius 2 is 1.61 bits per heavy atom. The molecule has 1 saturated heterocycles. The van der Waals surface area contributed by atoms with Crippen molar-refractivity contribution in [2.24, 2.45) is 16.6 Å². The summed E-state index contributed by atoms with van der Waals surface area (Å²) >= 11 is 0. The van der Waals surface area contributed by atoms with Gasteiger partial charge in [-0.15, -0.1) is 0 Å². The second-order valence-electron chi connectivity index (χ2n) is 9.76. The molecule has 2 aromatic rings. The van der Waals surface area contributed by atoms with Gasteiger partial charge >= 0.3 is 6.03 Å². The van der Waals surface area contributed by atoms with E-state index in [0.717, 1.165) is 24.1 Å². The van der Waals surface area contributed by atoms with Gasteiger partial charge in [-0.1, -0.05) is 54.6 Å². The number of nitrogens with zero attached hydrogens (tertiary/aromatic N) is 3. The van der Waals surface area contributed by atoms with E-state index in [0.29, 0.717) is 25.9 Å². The van der Waals surface area contributed by atoms with Crippen molar-refractivity contribution in [3.63, 3.8) is 0 Å². The van der Waals surface area contributed by atoms with Crippen LogP contribution in [0.1, 0.15) is 18.4 Å². The molecule has 2 atom stereocenters. The second-order valence-corrected chi connectivity index (χ2v) is 11.6. The zero-order chi connectivity index (χ0) is 29.7. The highest BCUT2D eigenvalue weighted by atomic mass is 32.2. The van der Waals surface area contributed by atoms with Crippen LogP contribution in [0.2, 0.25) is 0 Å². The number of oxime groups is 1. The van der Waals surface area contributed by atoms with E-state index in [1.807, 2.05) is 37.4 Å². The van der Waals surface area contributed by atoms with Crippen LogP contribution >= 0.6 is 0 Å². The van der Waals surface area contributed by atoms with Crippen molar-refractivity contribution in [3.05, 3.63) is 77.7 Å². The van der Waals surface area contributed by atoms with E-state index in [1.54, 1.807) is 23.1 Å². The fourth-order valence-electron chi connectivity index (χ4n) is 4.16. The number of nitrogens with one attached hydrogen (secondary N) is 2. The topological polar surface area (TPSA) is 172 Å². The molecule has 0 aromatic heterocycles. The normalized spacial score (nSPS) is 15.6. The predicted molar refractivity (Wildman–Crippen MR) is 157 cm³/mol. The molecule has 0 radical (unpaired) electrons. The number of urea groups is 1. The number of sulfone groups is 1. The first-order valence-corrected chi connectivity index (χ1v) is 15.0. The molecular formula is C28H39N7O5S. The third-order valence-corrected chi connectivity index (χ3v) is 7.99. The minimum Gasteiger partial charge on any atom is -0.393 e. The first-order chi connectivity index (χ1) is 19.6. The van der Waals surface area contributed by atoms with E-state index in [1.165, 1.54) is 18.2 Å². The lowest BCUT2D eigenvalue weighted by molar-refractivity contribution is -0.123. The van der Waals surface area contributed by atoms with E-state index in [9.17, 15) is 18.0 Å². The van der Waals surface area contributed by atoms with Gasteiger partial charge in [0.1, 0.15) is 12.6 Å². The van der Waals surface area contributed by atoms with Crippen molar-refractivity contribution in [3.8, 4) is 0 Å². The number of nitrogens with two attached hydrogens (primary N) is 2. The molecule has 0 spiro atoms. The van der Waals surface area contributed by atoms with Gasteiger partial charge in [-0.3, -0.25) is 4.79 Å². The zero-order valence-electron chi connectivity index (χ0n) is 23.2. The predicted octanol–water partition coefficient (Wildman–Crippen LogP) is 1.01. The van der Waals surface area contributed by atoms with E-state index in [4.69, 9.17) is 16.3 Å². The summed E-state index contributed by atoms with van der Waals surface area (Å²) in [6.07, 6.45) is 2.57. The fraction of sp³-hybridized carbons (Fsp3) is 0.393. The van der Waals surface area contributed by atoms with Crippen LogP contribution in [-0.4, -0.2) is 88.0 Å². The summed E-state index contributed by atoms with van der Waals surface area (Å²) in [5.74, 6) is -0.751. The van der Waals surface area contributed by atoms with Crippen molar-refractivity contribution in [2.75, 3.05) is 39.8 Å². The Morgan fingerprint density at radius 3 is 2.24 bits per heavy atom. The molecule has 6 N–H and O–H groups in total. The first kappa shape index (κ1) is 31.4. The lowest BCUT2D eigenvalue weighted by Crippen LogP contribution is -2.56. The quantitative estimate of drug-likeness (QED) is 0.117. The Balaban J connectivity index is 1.76. The smallest absolute Gasteiger partial charge is 0.318 e. The third kappa shape index (κ3) is 10.8. The molecule has 1 heterocycles. The number of carbonyl (C=O) groups excluding carboxylic acids is 2. The summed E-state index contributed by atoms with van der Waals surface area (Å²) in [5.41, 5.74) is 11.6. The van der Waals surface area contributed by atoms with Gasteiger partial charge in [0, 0.05) is 44.0 Å². The minimum atomic E-state index is -3.73. The maximum absolute atomic E-state index is 13.5. The first-order valence-electron chi connectivity index (χ1n) is 13.4. The number of aryl methyl sites for hydroxylation is 1. The number of hydrogen-bond donors (Lipinski definition) is 4. The summed E-state index contributed by atoms with van der Waals surface area (Å²) in [6, 6.07) is 15.7. The SMILES string of the molecule is CN1CCN(C(=O)N[C@@H](CCON=C(N)N)C(=O)N[C@H](/C=C/S(=O)(=O)c2ccccc2)CCc2ccccc2)CC1. The Labute approximate surface area is 241 Å². The highest BCUT2D eigenvalue weighted by molar-refractivity contribution is 7.94. The van der Waals surface area contributed by atoms with Crippen molar-refractivity contribution in [2.45, 2.75) is 36.2 Å². The van der Waals surface area contributed by atoms with Crippen molar-refractivity contribution in [1.82, 2.24) is 20.4 Å². The van der Waals surface area contributed by atoms with Crippen LogP contribution in [0.5, 0.6) is 0 Å². The van der Waals surface area contributed by atoms with Gasteiger partial charge in [0.15, 0.2) is 9.84 Å². The van der Waals surface area contributed by atoms with Gasteiger partial charge in [0.2, 0.25) is 11.9 Å². The third-order valence-electron chi connectivity index (χ3n) is 6.55. The Kier molecular flexibility index (Phi) is 12.0. The average Bonchev–Trinajstić information content (AvgIpc) is 2.97. The van der Waals surface area contributed by atoms with E-state index >= 15 is 0 Å². The Bertz CT molecular complexity index is 1280. The number of rotatable bonds is 13. The average molecular weight is 586 g/mol. The molecule has 1 fully saturated rings. The molecule has 0 saturated carbocycles. The van der Waals surface area contributed by atoms with Gasteiger partial charge in [-0.2, -0.15) is 0 Å². The van der Waals surface area contributed by atoms with Crippen LogP contribution in [0.4, 0.5) is 4.79 Å². The molecule has 13 heteroatoms. The van der Waals surface area contributed by atoms with Crippen LogP contribution in [-0.2, 0) is 25.9 Å². The number of carbonyl (C=O) groups is 2. The van der Waals surface area contributed by atoms with Crippen LogP contribution in [0.15, 0.2) is 82.2 Å². The molecular weight excluding hydrogens is 546 g/mol. The lowest BCUT2D eigenvalue weighted by atomic mass is 10.0. The number of benzene rings is 2. The summed E-state index contributed by atoms with van der Waals surface area (Å²) in [5, 5.41) is 10.3. The molecule has 41 heavy (non-hydrogen) atoms. The summed E-state index contributed by atoms with van der Waals surface area (Å²) in [4.78, 5) is 35.4. The summed E-state index contributed by atoms with van der Waals surface area (Å²) in [6.45, 7) is 2.47. The number of likely N-dealkylation sites (N-methyl/N-ethyl adjacent to an activating group) is 1. The zero-order valence-corrected chi connectivity index (χ0v) is 24.0. The number of hydrogen-bond acceptors (Lipinski definition) is 7. The van der Waals surface area contributed by atoms with Crippen LogP contribution < -0.4 is 22.1 Å². The van der Waals surface area contributed by atoms with Gasteiger partial charge in [-0.05, 0) is 42.7 Å². The molecule has 12 nitrogen and oxygen atoms in total. The van der Waals surface area contributed by atoms with E-state index < -0.39 is 27.8 Å².